The number of aliphatic imine (C=N–C) groups is 1. The van der Waals surface area contributed by atoms with Crippen LogP contribution in [0.4, 0.5) is 0 Å². The number of likely N-dealkylation sites (N-methyl/N-ethyl adjacent to an activating group) is 1. The van der Waals surface area contributed by atoms with Crippen molar-refractivity contribution in [2.24, 2.45) is 10.4 Å². The summed E-state index contributed by atoms with van der Waals surface area (Å²) in [4.78, 5) is 21.0. The lowest BCUT2D eigenvalue weighted by atomic mass is 9.84. The molecule has 8 heteroatoms. The molecule has 2 saturated heterocycles. The second-order valence-corrected chi connectivity index (χ2v) is 8.18. The first-order chi connectivity index (χ1) is 13.5. The van der Waals surface area contributed by atoms with Crippen LogP contribution in [0, 0.1) is 5.41 Å². The van der Waals surface area contributed by atoms with Crippen LogP contribution in [0.25, 0.3) is 0 Å². The van der Waals surface area contributed by atoms with E-state index in [4.69, 9.17) is 9.73 Å². The predicted molar refractivity (Wildman–Crippen MR) is 111 cm³/mol. The number of carbonyl (C=O) groups excluding carboxylic acids is 1. The SMILES string of the molecule is CCNC(=NCC1(CCO)CCOC1)NCCCN1CCCC1C(=O)N(C)C. The fraction of sp³-hybridized carbons (Fsp3) is 0.900. The summed E-state index contributed by atoms with van der Waals surface area (Å²) in [7, 11) is 3.66. The van der Waals surface area contributed by atoms with Gasteiger partial charge in [0.2, 0.25) is 5.91 Å². The highest BCUT2D eigenvalue weighted by atomic mass is 16.5. The first-order valence-electron chi connectivity index (χ1n) is 10.7. The van der Waals surface area contributed by atoms with E-state index in [1.54, 1.807) is 4.90 Å². The molecule has 0 bridgehead atoms. The number of ether oxygens (including phenoxy) is 1. The standard InChI is InChI=1S/C20H39N5O3/c1-4-21-19(23-15-20(8-13-26)9-14-28-16-20)22-10-6-12-25-11-5-7-17(25)18(27)24(2)3/h17,26H,4-16H2,1-3H3,(H2,21,22,23). The second kappa shape index (κ2) is 11.6. The number of likely N-dealkylation sites (tertiary alicyclic amines) is 1. The molecule has 3 N–H and O–H groups in total. The number of nitrogens with one attached hydrogen (secondary N) is 2. The number of hydrogen-bond acceptors (Lipinski definition) is 5. The molecule has 2 heterocycles. The van der Waals surface area contributed by atoms with Crippen LogP contribution in [0.3, 0.4) is 0 Å². The van der Waals surface area contributed by atoms with Crippen molar-refractivity contribution in [2.45, 2.75) is 45.1 Å². The van der Waals surface area contributed by atoms with Gasteiger partial charge in [-0.1, -0.05) is 0 Å². The van der Waals surface area contributed by atoms with Crippen LogP contribution in [0.2, 0.25) is 0 Å². The molecule has 8 nitrogen and oxygen atoms in total. The van der Waals surface area contributed by atoms with Gasteiger partial charge >= 0.3 is 0 Å². The van der Waals surface area contributed by atoms with Crippen LogP contribution < -0.4 is 10.6 Å². The van der Waals surface area contributed by atoms with Gasteiger partial charge in [-0.3, -0.25) is 14.7 Å². The van der Waals surface area contributed by atoms with Gasteiger partial charge in [-0.15, -0.1) is 0 Å². The molecule has 2 aliphatic rings. The van der Waals surface area contributed by atoms with E-state index in [9.17, 15) is 9.90 Å². The number of aliphatic hydroxyl groups is 1. The molecule has 162 valence electrons. The van der Waals surface area contributed by atoms with Gasteiger partial charge in [0.15, 0.2) is 5.96 Å². The Morgan fingerprint density at radius 1 is 1.39 bits per heavy atom. The summed E-state index contributed by atoms with van der Waals surface area (Å²) < 4.78 is 5.55. The van der Waals surface area contributed by atoms with Crippen molar-refractivity contribution in [1.29, 1.82) is 0 Å². The van der Waals surface area contributed by atoms with Gasteiger partial charge in [0.1, 0.15) is 0 Å². The Morgan fingerprint density at radius 2 is 2.21 bits per heavy atom. The molecule has 0 radical (unpaired) electrons. The van der Waals surface area contributed by atoms with Gasteiger partial charge in [0.05, 0.1) is 19.2 Å². The molecule has 2 rings (SSSR count). The smallest absolute Gasteiger partial charge is 0.239 e. The van der Waals surface area contributed by atoms with Gasteiger partial charge < -0.3 is 25.4 Å². The van der Waals surface area contributed by atoms with Crippen LogP contribution in [0.1, 0.15) is 39.0 Å². The fourth-order valence-electron chi connectivity index (χ4n) is 4.04. The number of guanidine groups is 1. The van der Waals surface area contributed by atoms with E-state index >= 15 is 0 Å². The number of aliphatic hydroxyl groups excluding tert-OH is 1. The maximum absolute atomic E-state index is 12.3. The van der Waals surface area contributed by atoms with Crippen LogP contribution in [-0.4, -0.2) is 99.5 Å². The van der Waals surface area contributed by atoms with Crippen molar-refractivity contribution in [3.05, 3.63) is 0 Å². The summed E-state index contributed by atoms with van der Waals surface area (Å²) in [5.41, 5.74) is -0.0353. The maximum atomic E-state index is 12.3. The van der Waals surface area contributed by atoms with Crippen molar-refractivity contribution >= 4 is 11.9 Å². The lowest BCUT2D eigenvalue weighted by Gasteiger charge is -2.26. The molecule has 0 aromatic heterocycles. The van der Waals surface area contributed by atoms with E-state index in [1.807, 2.05) is 14.1 Å². The van der Waals surface area contributed by atoms with Crippen molar-refractivity contribution in [3.8, 4) is 0 Å². The molecule has 2 unspecified atom stereocenters. The molecular formula is C20H39N5O3. The minimum atomic E-state index is -0.0353. The highest BCUT2D eigenvalue weighted by molar-refractivity contribution is 5.81. The summed E-state index contributed by atoms with van der Waals surface area (Å²) in [6.45, 7) is 7.85. The largest absolute Gasteiger partial charge is 0.396 e. The molecule has 2 fully saturated rings. The molecule has 2 atom stereocenters. The minimum absolute atomic E-state index is 0.0353. The Hall–Kier alpha value is -1.38. The maximum Gasteiger partial charge on any atom is 0.239 e. The zero-order valence-electron chi connectivity index (χ0n) is 17.9. The topological polar surface area (TPSA) is 89.4 Å². The third kappa shape index (κ3) is 6.60. The molecule has 2 aliphatic heterocycles. The zero-order chi connectivity index (χ0) is 20.4. The van der Waals surface area contributed by atoms with E-state index in [-0.39, 0.29) is 24.0 Å². The Kier molecular flexibility index (Phi) is 9.47. The Morgan fingerprint density at radius 3 is 2.86 bits per heavy atom. The minimum Gasteiger partial charge on any atom is -0.396 e. The lowest BCUT2D eigenvalue weighted by molar-refractivity contribution is -0.133. The number of hydrogen-bond donors (Lipinski definition) is 3. The van der Waals surface area contributed by atoms with Crippen LogP contribution in [0.15, 0.2) is 4.99 Å². The van der Waals surface area contributed by atoms with Gasteiger partial charge in [-0.2, -0.15) is 0 Å². The molecular weight excluding hydrogens is 358 g/mol. The molecule has 0 spiro atoms. The van der Waals surface area contributed by atoms with Crippen LogP contribution in [0.5, 0.6) is 0 Å². The molecule has 0 saturated carbocycles. The van der Waals surface area contributed by atoms with Gasteiger partial charge in [0.25, 0.3) is 0 Å². The van der Waals surface area contributed by atoms with Gasteiger partial charge in [-0.25, -0.2) is 0 Å². The monoisotopic (exact) mass is 397 g/mol. The first kappa shape index (κ1) is 22.9. The quantitative estimate of drug-likeness (QED) is 0.279. The molecule has 0 aromatic carbocycles. The third-order valence-electron chi connectivity index (χ3n) is 5.75. The van der Waals surface area contributed by atoms with Crippen LogP contribution >= 0.6 is 0 Å². The van der Waals surface area contributed by atoms with Crippen molar-refractivity contribution in [1.82, 2.24) is 20.4 Å². The molecule has 0 aromatic rings. The van der Waals surface area contributed by atoms with Gasteiger partial charge in [-0.05, 0) is 45.6 Å². The number of rotatable bonds is 10. The van der Waals surface area contributed by atoms with Crippen molar-refractivity contribution in [2.75, 3.05) is 66.6 Å². The lowest BCUT2D eigenvalue weighted by Crippen LogP contribution is -2.44. The molecule has 28 heavy (non-hydrogen) atoms. The summed E-state index contributed by atoms with van der Waals surface area (Å²) in [5.74, 6) is 1.03. The van der Waals surface area contributed by atoms with E-state index in [2.05, 4.69) is 22.5 Å². The summed E-state index contributed by atoms with van der Waals surface area (Å²) >= 11 is 0. The first-order valence-corrected chi connectivity index (χ1v) is 10.7. The van der Waals surface area contributed by atoms with E-state index in [1.165, 1.54) is 0 Å². The fourth-order valence-corrected chi connectivity index (χ4v) is 4.04. The van der Waals surface area contributed by atoms with Crippen molar-refractivity contribution in [3.63, 3.8) is 0 Å². The van der Waals surface area contributed by atoms with Crippen molar-refractivity contribution < 1.29 is 14.6 Å². The Bertz CT molecular complexity index is 506. The van der Waals surface area contributed by atoms with E-state index in [0.717, 1.165) is 70.8 Å². The number of carbonyl (C=O) groups is 1. The van der Waals surface area contributed by atoms with Crippen LogP contribution in [-0.2, 0) is 9.53 Å². The summed E-state index contributed by atoms with van der Waals surface area (Å²) in [5, 5.41) is 16.1. The van der Waals surface area contributed by atoms with E-state index < -0.39 is 0 Å². The third-order valence-corrected chi connectivity index (χ3v) is 5.75. The van der Waals surface area contributed by atoms with E-state index in [0.29, 0.717) is 13.2 Å². The predicted octanol–water partition coefficient (Wildman–Crippen LogP) is 0.273. The summed E-state index contributed by atoms with van der Waals surface area (Å²) in [6.07, 6.45) is 4.70. The molecule has 1 amide bonds. The number of amides is 1. The molecule has 0 aliphatic carbocycles. The Balaban J connectivity index is 1.79. The number of nitrogens with zero attached hydrogens (tertiary/aromatic N) is 3. The Labute approximate surface area is 169 Å². The summed E-state index contributed by atoms with van der Waals surface area (Å²) in [6, 6.07) is 0.0395. The average Bonchev–Trinajstić information content (AvgIpc) is 3.32. The normalized spacial score (nSPS) is 25.9. The highest BCUT2D eigenvalue weighted by Gasteiger charge is 2.34. The zero-order valence-corrected chi connectivity index (χ0v) is 17.9. The highest BCUT2D eigenvalue weighted by Crippen LogP contribution is 2.32. The second-order valence-electron chi connectivity index (χ2n) is 8.18. The average molecular weight is 398 g/mol. The van der Waals surface area contributed by atoms with Gasteiger partial charge in [0, 0.05) is 52.4 Å².